The van der Waals surface area contributed by atoms with Crippen LogP contribution in [0, 0.1) is 6.92 Å². The highest BCUT2D eigenvalue weighted by Crippen LogP contribution is 2.19. The van der Waals surface area contributed by atoms with Crippen LogP contribution in [0.1, 0.15) is 11.1 Å². The van der Waals surface area contributed by atoms with Crippen molar-refractivity contribution in [3.05, 3.63) is 57.0 Å². The van der Waals surface area contributed by atoms with Gasteiger partial charge in [0.15, 0.2) is 0 Å². The summed E-state index contributed by atoms with van der Waals surface area (Å²) in [7, 11) is 0. The van der Waals surface area contributed by atoms with E-state index in [-0.39, 0.29) is 5.56 Å². The van der Waals surface area contributed by atoms with E-state index >= 15 is 0 Å². The summed E-state index contributed by atoms with van der Waals surface area (Å²) in [6.07, 6.45) is 1.65. The number of rotatable bonds is 2. The maximum absolute atomic E-state index is 11.6. The first-order chi connectivity index (χ1) is 8.06. The SMILES string of the molecule is Cc1cnn(Cc2ccc(Cl)c(N)c2)c(=O)c1. The van der Waals surface area contributed by atoms with Crippen molar-refractivity contribution in [3.8, 4) is 0 Å². The van der Waals surface area contributed by atoms with Crippen LogP contribution in [-0.4, -0.2) is 9.78 Å². The van der Waals surface area contributed by atoms with Crippen LogP contribution in [0.4, 0.5) is 5.69 Å². The van der Waals surface area contributed by atoms with Gasteiger partial charge in [-0.15, -0.1) is 0 Å². The van der Waals surface area contributed by atoms with Gasteiger partial charge in [-0.2, -0.15) is 5.10 Å². The van der Waals surface area contributed by atoms with E-state index in [1.807, 2.05) is 13.0 Å². The third-order valence-electron chi connectivity index (χ3n) is 2.40. The van der Waals surface area contributed by atoms with Gasteiger partial charge in [-0.3, -0.25) is 4.79 Å². The Balaban J connectivity index is 2.31. The highest BCUT2D eigenvalue weighted by molar-refractivity contribution is 6.33. The molecule has 5 heteroatoms. The first-order valence-corrected chi connectivity index (χ1v) is 5.52. The molecule has 0 saturated heterocycles. The minimum atomic E-state index is -0.126. The average molecular weight is 250 g/mol. The fourth-order valence-corrected chi connectivity index (χ4v) is 1.63. The van der Waals surface area contributed by atoms with E-state index in [9.17, 15) is 4.79 Å². The van der Waals surface area contributed by atoms with E-state index in [0.29, 0.717) is 17.3 Å². The van der Waals surface area contributed by atoms with Gasteiger partial charge >= 0.3 is 0 Å². The summed E-state index contributed by atoms with van der Waals surface area (Å²) in [6, 6.07) is 6.83. The van der Waals surface area contributed by atoms with Crippen molar-refractivity contribution < 1.29 is 0 Å². The van der Waals surface area contributed by atoms with Crippen LogP contribution in [0.25, 0.3) is 0 Å². The Morgan fingerprint density at radius 2 is 2.18 bits per heavy atom. The topological polar surface area (TPSA) is 60.9 Å². The normalized spacial score (nSPS) is 10.5. The smallest absolute Gasteiger partial charge is 0.267 e. The molecule has 0 spiro atoms. The van der Waals surface area contributed by atoms with Gasteiger partial charge in [0.25, 0.3) is 5.56 Å². The van der Waals surface area contributed by atoms with E-state index in [0.717, 1.165) is 11.1 Å². The fraction of sp³-hybridized carbons (Fsp3) is 0.167. The van der Waals surface area contributed by atoms with Gasteiger partial charge in [-0.1, -0.05) is 17.7 Å². The molecule has 0 amide bonds. The molecule has 1 aromatic heterocycles. The number of aromatic nitrogens is 2. The lowest BCUT2D eigenvalue weighted by atomic mass is 10.2. The van der Waals surface area contributed by atoms with Crippen LogP contribution in [0.5, 0.6) is 0 Å². The highest BCUT2D eigenvalue weighted by atomic mass is 35.5. The van der Waals surface area contributed by atoms with Crippen molar-refractivity contribution in [1.29, 1.82) is 0 Å². The summed E-state index contributed by atoms with van der Waals surface area (Å²) in [6.45, 7) is 2.22. The minimum Gasteiger partial charge on any atom is -0.398 e. The number of hydrogen-bond acceptors (Lipinski definition) is 3. The maximum Gasteiger partial charge on any atom is 0.267 e. The second-order valence-corrected chi connectivity index (χ2v) is 4.29. The van der Waals surface area contributed by atoms with Crippen molar-refractivity contribution in [1.82, 2.24) is 9.78 Å². The molecule has 1 heterocycles. The van der Waals surface area contributed by atoms with Crippen molar-refractivity contribution in [2.45, 2.75) is 13.5 Å². The van der Waals surface area contributed by atoms with Crippen molar-refractivity contribution in [2.75, 3.05) is 5.73 Å². The van der Waals surface area contributed by atoms with E-state index in [1.54, 1.807) is 24.4 Å². The van der Waals surface area contributed by atoms with Gasteiger partial charge < -0.3 is 5.73 Å². The summed E-state index contributed by atoms with van der Waals surface area (Å²) in [5, 5.41) is 4.57. The Morgan fingerprint density at radius 3 is 2.82 bits per heavy atom. The Kier molecular flexibility index (Phi) is 3.15. The molecule has 0 unspecified atom stereocenters. The molecule has 0 aliphatic rings. The van der Waals surface area contributed by atoms with Crippen LogP contribution in [0.2, 0.25) is 5.02 Å². The molecule has 88 valence electrons. The van der Waals surface area contributed by atoms with Crippen LogP contribution >= 0.6 is 11.6 Å². The zero-order chi connectivity index (χ0) is 12.4. The lowest BCUT2D eigenvalue weighted by molar-refractivity contribution is 0.636. The lowest BCUT2D eigenvalue weighted by Gasteiger charge is -2.06. The molecule has 2 N–H and O–H groups in total. The lowest BCUT2D eigenvalue weighted by Crippen LogP contribution is -2.22. The molecule has 2 rings (SSSR count). The van der Waals surface area contributed by atoms with E-state index in [2.05, 4.69) is 5.10 Å². The number of benzene rings is 1. The number of aryl methyl sites for hydroxylation is 1. The van der Waals surface area contributed by atoms with Gasteiger partial charge in [0.1, 0.15) is 0 Å². The van der Waals surface area contributed by atoms with Crippen molar-refractivity contribution in [3.63, 3.8) is 0 Å². The van der Waals surface area contributed by atoms with Gasteiger partial charge in [0, 0.05) is 6.07 Å². The zero-order valence-corrected chi connectivity index (χ0v) is 10.1. The maximum atomic E-state index is 11.6. The molecular formula is C12H12ClN3O. The van der Waals surface area contributed by atoms with E-state index < -0.39 is 0 Å². The number of nitrogens with two attached hydrogens (primary N) is 1. The van der Waals surface area contributed by atoms with Gasteiger partial charge in [-0.05, 0) is 30.2 Å². The third kappa shape index (κ3) is 2.65. The van der Waals surface area contributed by atoms with Crippen molar-refractivity contribution in [2.24, 2.45) is 0 Å². The largest absolute Gasteiger partial charge is 0.398 e. The molecule has 17 heavy (non-hydrogen) atoms. The number of anilines is 1. The van der Waals surface area contributed by atoms with Crippen LogP contribution in [0.15, 0.2) is 35.3 Å². The third-order valence-corrected chi connectivity index (χ3v) is 2.74. The molecule has 4 nitrogen and oxygen atoms in total. The Labute approximate surface area is 104 Å². The molecule has 0 radical (unpaired) electrons. The molecule has 0 atom stereocenters. The number of nitrogens with zero attached hydrogens (tertiary/aromatic N) is 2. The summed E-state index contributed by atoms with van der Waals surface area (Å²) < 4.78 is 1.38. The first-order valence-electron chi connectivity index (χ1n) is 5.14. The first kappa shape index (κ1) is 11.7. The highest BCUT2D eigenvalue weighted by Gasteiger charge is 2.02. The molecule has 0 saturated carbocycles. The predicted octanol–water partition coefficient (Wildman–Crippen LogP) is 1.84. The summed E-state index contributed by atoms with van der Waals surface area (Å²) in [4.78, 5) is 11.6. The van der Waals surface area contributed by atoms with Crippen LogP contribution in [0.3, 0.4) is 0 Å². The second kappa shape index (κ2) is 4.59. The monoisotopic (exact) mass is 249 g/mol. The Morgan fingerprint density at radius 1 is 1.41 bits per heavy atom. The standard InChI is InChI=1S/C12H12ClN3O/c1-8-4-12(17)16(15-6-8)7-9-2-3-10(13)11(14)5-9/h2-6H,7,14H2,1H3. The fourth-order valence-electron chi connectivity index (χ4n) is 1.51. The summed E-state index contributed by atoms with van der Waals surface area (Å²) >= 11 is 5.83. The van der Waals surface area contributed by atoms with Crippen LogP contribution < -0.4 is 11.3 Å². The van der Waals surface area contributed by atoms with Gasteiger partial charge in [-0.25, -0.2) is 4.68 Å². The van der Waals surface area contributed by atoms with Crippen molar-refractivity contribution >= 4 is 17.3 Å². The molecule has 0 aliphatic carbocycles. The Hall–Kier alpha value is -1.81. The average Bonchev–Trinajstić information content (AvgIpc) is 2.27. The number of hydrogen-bond donors (Lipinski definition) is 1. The van der Waals surface area contributed by atoms with E-state index in [4.69, 9.17) is 17.3 Å². The zero-order valence-electron chi connectivity index (χ0n) is 9.35. The van der Waals surface area contributed by atoms with Gasteiger partial charge in [0.2, 0.25) is 0 Å². The second-order valence-electron chi connectivity index (χ2n) is 3.88. The minimum absolute atomic E-state index is 0.126. The molecule has 2 aromatic rings. The van der Waals surface area contributed by atoms with Crippen LogP contribution in [-0.2, 0) is 6.54 Å². The molecular weight excluding hydrogens is 238 g/mol. The quantitative estimate of drug-likeness (QED) is 0.826. The number of halogens is 1. The summed E-state index contributed by atoms with van der Waals surface area (Å²) in [5.41, 5.74) is 7.82. The predicted molar refractivity (Wildman–Crippen MR) is 68.2 cm³/mol. The molecule has 0 bridgehead atoms. The molecule has 0 fully saturated rings. The number of nitrogen functional groups attached to an aromatic ring is 1. The Bertz CT molecular complexity index is 607. The van der Waals surface area contributed by atoms with Gasteiger partial charge in [0.05, 0.1) is 23.5 Å². The summed E-state index contributed by atoms with van der Waals surface area (Å²) in [5.74, 6) is 0. The molecule has 1 aromatic carbocycles. The van der Waals surface area contributed by atoms with E-state index in [1.165, 1.54) is 4.68 Å². The molecule has 0 aliphatic heterocycles.